The van der Waals surface area contributed by atoms with Crippen LogP contribution in [0.2, 0.25) is 0 Å². The van der Waals surface area contributed by atoms with Crippen molar-refractivity contribution in [3.63, 3.8) is 0 Å². The largest absolute Gasteiger partial charge is 0.489 e. The molecule has 3 aliphatic rings. The van der Waals surface area contributed by atoms with E-state index in [1.165, 1.54) is 11.1 Å². The molecule has 7 nitrogen and oxygen atoms in total. The number of aromatic nitrogens is 1. The van der Waals surface area contributed by atoms with Gasteiger partial charge in [-0.2, -0.15) is 4.39 Å². The van der Waals surface area contributed by atoms with Crippen LogP contribution in [0.4, 0.5) is 4.39 Å². The summed E-state index contributed by atoms with van der Waals surface area (Å²) in [4.78, 5) is 23.1. The number of fused-ring (bicyclic) bond motifs is 4. The number of ether oxygens (including phenoxy) is 2. The zero-order valence-corrected chi connectivity index (χ0v) is 15.3. The van der Waals surface area contributed by atoms with Crippen LogP contribution in [0.3, 0.4) is 0 Å². The summed E-state index contributed by atoms with van der Waals surface area (Å²) in [6.07, 6.45) is 1.86. The van der Waals surface area contributed by atoms with E-state index in [0.717, 1.165) is 0 Å². The molecule has 28 heavy (non-hydrogen) atoms. The van der Waals surface area contributed by atoms with Crippen molar-refractivity contribution in [2.45, 2.75) is 18.1 Å². The van der Waals surface area contributed by atoms with Gasteiger partial charge in [0.1, 0.15) is 11.9 Å². The Morgan fingerprint density at radius 1 is 1.36 bits per heavy atom. The van der Waals surface area contributed by atoms with E-state index in [9.17, 15) is 9.18 Å². The fourth-order valence-electron chi connectivity index (χ4n) is 4.39. The summed E-state index contributed by atoms with van der Waals surface area (Å²) >= 11 is 0. The predicted octanol–water partition coefficient (Wildman–Crippen LogP) is 1.67. The SMILES string of the molecule is CN1C(=O)[C@]2(N=C1N)c1cc(-c3cccnc3F)ccc1O[C@H]1CCOC[C@H]12. The molecule has 0 radical (unpaired) electrons. The molecule has 1 spiro atoms. The summed E-state index contributed by atoms with van der Waals surface area (Å²) in [5, 5.41) is 0. The summed E-state index contributed by atoms with van der Waals surface area (Å²) in [5.41, 5.74) is 6.32. The maximum atomic E-state index is 14.3. The van der Waals surface area contributed by atoms with E-state index in [1.807, 2.05) is 0 Å². The van der Waals surface area contributed by atoms with Crippen molar-refractivity contribution in [3.05, 3.63) is 48.0 Å². The molecular weight excluding hydrogens is 363 g/mol. The molecule has 0 aliphatic carbocycles. The molecule has 2 aromatic rings. The van der Waals surface area contributed by atoms with Crippen molar-refractivity contribution in [1.29, 1.82) is 0 Å². The lowest BCUT2D eigenvalue weighted by molar-refractivity contribution is -0.141. The number of rotatable bonds is 1. The summed E-state index contributed by atoms with van der Waals surface area (Å²) in [6, 6.07) is 8.60. The third-order valence-electron chi connectivity index (χ3n) is 5.83. The normalized spacial score (nSPS) is 28.6. The van der Waals surface area contributed by atoms with Gasteiger partial charge in [0.25, 0.3) is 5.91 Å². The molecule has 0 saturated carbocycles. The minimum absolute atomic E-state index is 0.153. The van der Waals surface area contributed by atoms with E-state index in [1.54, 1.807) is 37.4 Å². The van der Waals surface area contributed by atoms with Crippen molar-refractivity contribution < 1.29 is 18.7 Å². The van der Waals surface area contributed by atoms with E-state index in [4.69, 9.17) is 15.2 Å². The lowest BCUT2D eigenvalue weighted by Crippen LogP contribution is -2.56. The van der Waals surface area contributed by atoms with Gasteiger partial charge in [0.05, 0.1) is 19.1 Å². The van der Waals surface area contributed by atoms with Gasteiger partial charge in [-0.05, 0) is 29.8 Å². The lowest BCUT2D eigenvalue weighted by Gasteiger charge is -2.45. The second-order valence-electron chi connectivity index (χ2n) is 7.28. The molecule has 3 atom stereocenters. The molecule has 1 fully saturated rings. The van der Waals surface area contributed by atoms with Gasteiger partial charge in [0.15, 0.2) is 11.5 Å². The Kier molecular flexibility index (Phi) is 3.67. The number of aliphatic imine (C=N–C) groups is 1. The average Bonchev–Trinajstić information content (AvgIpc) is 2.93. The molecule has 0 unspecified atom stereocenters. The Morgan fingerprint density at radius 2 is 2.21 bits per heavy atom. The fourth-order valence-corrected chi connectivity index (χ4v) is 4.39. The molecule has 4 heterocycles. The fraction of sp³-hybridized carbons (Fsp3) is 0.350. The number of nitrogens with zero attached hydrogens (tertiary/aromatic N) is 3. The second-order valence-corrected chi connectivity index (χ2v) is 7.28. The number of likely N-dealkylation sites (N-methyl/N-ethyl adjacent to an activating group) is 1. The molecule has 1 amide bonds. The van der Waals surface area contributed by atoms with Gasteiger partial charge in [-0.3, -0.25) is 9.69 Å². The number of pyridine rings is 1. The van der Waals surface area contributed by atoms with Gasteiger partial charge in [0, 0.05) is 30.8 Å². The highest BCUT2D eigenvalue weighted by Gasteiger charge is 2.60. The minimum atomic E-state index is -1.23. The Labute approximate surface area is 161 Å². The summed E-state index contributed by atoms with van der Waals surface area (Å²) < 4.78 is 26.1. The van der Waals surface area contributed by atoms with Crippen LogP contribution < -0.4 is 10.5 Å². The topological polar surface area (TPSA) is 90.0 Å². The quantitative estimate of drug-likeness (QED) is 0.758. The van der Waals surface area contributed by atoms with Gasteiger partial charge in [0.2, 0.25) is 5.95 Å². The van der Waals surface area contributed by atoms with Gasteiger partial charge in [-0.25, -0.2) is 9.98 Å². The van der Waals surface area contributed by atoms with Crippen molar-refractivity contribution in [2.75, 3.05) is 20.3 Å². The Morgan fingerprint density at radius 3 is 2.96 bits per heavy atom. The third kappa shape index (κ3) is 2.21. The summed E-state index contributed by atoms with van der Waals surface area (Å²) in [6.45, 7) is 0.904. The molecular formula is C20H19FN4O3. The zero-order chi connectivity index (χ0) is 19.5. The van der Waals surface area contributed by atoms with Crippen LogP contribution in [-0.2, 0) is 15.1 Å². The van der Waals surface area contributed by atoms with Crippen molar-refractivity contribution >= 4 is 11.9 Å². The standard InChI is InChI=1S/C20H19FN4O3/c1-25-18(26)20(24-19(25)22)13-9-11(12-3-2-7-23-17(12)21)4-5-15(13)28-16-6-8-27-10-14(16)20/h2-5,7,9,14,16H,6,8,10H2,1H3,(H2,22,24)/t14-,16+,20+/m1/s1. The maximum absolute atomic E-state index is 14.3. The van der Waals surface area contributed by atoms with Gasteiger partial charge in [-0.15, -0.1) is 0 Å². The van der Waals surface area contributed by atoms with E-state index in [2.05, 4.69) is 9.98 Å². The Bertz CT molecular complexity index is 1010. The molecule has 0 bridgehead atoms. The first-order chi connectivity index (χ1) is 13.5. The van der Waals surface area contributed by atoms with Crippen molar-refractivity contribution in [2.24, 2.45) is 16.6 Å². The number of carbonyl (C=O) groups is 1. The zero-order valence-electron chi connectivity index (χ0n) is 15.3. The Balaban J connectivity index is 1.74. The number of hydrogen-bond donors (Lipinski definition) is 1. The molecule has 2 N–H and O–H groups in total. The average molecular weight is 382 g/mol. The molecule has 8 heteroatoms. The lowest BCUT2D eigenvalue weighted by atomic mass is 9.71. The van der Waals surface area contributed by atoms with E-state index >= 15 is 0 Å². The van der Waals surface area contributed by atoms with Crippen LogP contribution >= 0.6 is 0 Å². The first-order valence-corrected chi connectivity index (χ1v) is 9.15. The number of guanidine groups is 1. The molecule has 144 valence electrons. The molecule has 1 saturated heterocycles. The summed E-state index contributed by atoms with van der Waals surface area (Å²) in [5.74, 6) is -0.390. The van der Waals surface area contributed by atoms with Gasteiger partial charge >= 0.3 is 0 Å². The van der Waals surface area contributed by atoms with E-state index in [-0.39, 0.29) is 23.9 Å². The van der Waals surface area contributed by atoms with Gasteiger partial charge in [-0.1, -0.05) is 6.07 Å². The minimum Gasteiger partial charge on any atom is -0.489 e. The molecule has 1 aromatic heterocycles. The number of benzene rings is 1. The van der Waals surface area contributed by atoms with Crippen LogP contribution in [0, 0.1) is 11.9 Å². The van der Waals surface area contributed by atoms with Crippen molar-refractivity contribution in [1.82, 2.24) is 9.88 Å². The number of hydrogen-bond acceptors (Lipinski definition) is 6. The number of halogens is 1. The van der Waals surface area contributed by atoms with Crippen LogP contribution in [0.25, 0.3) is 11.1 Å². The number of nitrogens with two attached hydrogens (primary N) is 1. The predicted molar refractivity (Wildman–Crippen MR) is 99.0 cm³/mol. The number of amides is 1. The molecule has 3 aliphatic heterocycles. The van der Waals surface area contributed by atoms with Crippen LogP contribution in [0.1, 0.15) is 12.0 Å². The van der Waals surface area contributed by atoms with Crippen LogP contribution in [0.15, 0.2) is 41.5 Å². The third-order valence-corrected chi connectivity index (χ3v) is 5.83. The van der Waals surface area contributed by atoms with E-state index in [0.29, 0.717) is 42.1 Å². The van der Waals surface area contributed by atoms with Crippen molar-refractivity contribution in [3.8, 4) is 16.9 Å². The smallest absolute Gasteiger partial charge is 0.262 e. The first kappa shape index (κ1) is 17.1. The number of carbonyl (C=O) groups excluding carboxylic acids is 1. The second kappa shape index (κ2) is 6.00. The highest BCUT2D eigenvalue weighted by molar-refractivity contribution is 6.07. The van der Waals surface area contributed by atoms with Gasteiger partial charge < -0.3 is 15.2 Å². The first-order valence-electron chi connectivity index (χ1n) is 9.15. The maximum Gasteiger partial charge on any atom is 0.262 e. The van der Waals surface area contributed by atoms with Crippen LogP contribution in [-0.4, -0.2) is 48.1 Å². The molecule has 5 rings (SSSR count). The highest BCUT2D eigenvalue weighted by atomic mass is 19.1. The molecule has 1 aromatic carbocycles. The van der Waals surface area contributed by atoms with E-state index < -0.39 is 11.5 Å². The highest BCUT2D eigenvalue weighted by Crippen LogP contribution is 2.51. The monoisotopic (exact) mass is 382 g/mol. The Hall–Kier alpha value is -3.00. The van der Waals surface area contributed by atoms with Crippen LogP contribution in [0.5, 0.6) is 5.75 Å². The summed E-state index contributed by atoms with van der Waals surface area (Å²) in [7, 11) is 1.61.